The second-order valence-corrected chi connectivity index (χ2v) is 11.0. The van der Waals surface area contributed by atoms with Gasteiger partial charge < -0.3 is 25.7 Å². The molecule has 0 saturated carbocycles. The molecule has 2 aliphatic rings. The summed E-state index contributed by atoms with van der Waals surface area (Å²) in [6, 6.07) is 22.3. The van der Waals surface area contributed by atoms with Crippen molar-refractivity contribution >= 4 is 28.8 Å². The first-order chi connectivity index (χ1) is 20.5. The number of para-hydroxylation sites is 2. The Morgan fingerprint density at radius 1 is 0.976 bits per heavy atom. The van der Waals surface area contributed by atoms with Gasteiger partial charge in [-0.1, -0.05) is 60.7 Å². The number of amides is 2. The van der Waals surface area contributed by atoms with E-state index in [-0.39, 0.29) is 30.0 Å². The summed E-state index contributed by atoms with van der Waals surface area (Å²) in [4.78, 5) is 49.5. The lowest BCUT2D eigenvalue weighted by atomic mass is 9.98. The number of fused-ring (bicyclic) bond motifs is 4. The van der Waals surface area contributed by atoms with Gasteiger partial charge in [0.1, 0.15) is 12.6 Å². The zero-order chi connectivity index (χ0) is 29.1. The van der Waals surface area contributed by atoms with Gasteiger partial charge in [0, 0.05) is 12.5 Å². The third kappa shape index (κ3) is 5.39. The average Bonchev–Trinajstić information content (AvgIpc) is 3.75. The summed E-state index contributed by atoms with van der Waals surface area (Å²) in [5.74, 6) is -0.351. The van der Waals surface area contributed by atoms with E-state index in [2.05, 4.69) is 39.6 Å². The molecule has 0 bridgehead atoms. The number of carbonyl (C=O) groups excluding carboxylic acids is 3. The van der Waals surface area contributed by atoms with Crippen LogP contribution in [0.5, 0.6) is 0 Å². The molecule has 1 aliphatic carbocycles. The van der Waals surface area contributed by atoms with Crippen molar-refractivity contribution < 1.29 is 19.1 Å². The van der Waals surface area contributed by atoms with Crippen LogP contribution in [0.4, 0.5) is 4.79 Å². The van der Waals surface area contributed by atoms with Crippen LogP contribution in [0.15, 0.2) is 72.8 Å². The lowest BCUT2D eigenvalue weighted by Crippen LogP contribution is -2.52. The molecule has 1 aliphatic heterocycles. The Hall–Kier alpha value is -4.50. The summed E-state index contributed by atoms with van der Waals surface area (Å²) >= 11 is 0. The van der Waals surface area contributed by atoms with Gasteiger partial charge in [0.25, 0.3) is 0 Å². The van der Waals surface area contributed by atoms with Crippen LogP contribution in [0.2, 0.25) is 0 Å². The minimum Gasteiger partial charge on any atom is -0.449 e. The standard InChI is InChI=1S/C33H35N5O4/c34-18-8-7-16-28(32(40)38-19-9-17-29(38)30(39)31-35-26-14-5-6-15-27(26)36-31)37-33(41)42-20-25-23-12-3-1-10-21(23)22-11-2-4-13-24(22)25/h1-6,10-15,25,28-29H,7-9,16-20,34H2,(H,35,36)(H,37,41)/t28-,29-/m0/s1. The lowest BCUT2D eigenvalue weighted by molar-refractivity contribution is -0.133. The van der Waals surface area contributed by atoms with Crippen molar-refractivity contribution in [3.8, 4) is 11.1 Å². The van der Waals surface area contributed by atoms with E-state index in [0.29, 0.717) is 44.3 Å². The number of nitrogens with two attached hydrogens (primary N) is 1. The summed E-state index contributed by atoms with van der Waals surface area (Å²) in [6.45, 7) is 1.08. The number of imidazole rings is 1. The van der Waals surface area contributed by atoms with Gasteiger partial charge in [-0.25, -0.2) is 9.78 Å². The fourth-order valence-corrected chi connectivity index (χ4v) is 6.26. The highest BCUT2D eigenvalue weighted by Gasteiger charge is 2.39. The SMILES string of the molecule is NCCCC[C@H](NC(=O)OCC1c2ccccc2-c2ccccc21)C(=O)N1CCC[C@H]1C(=O)c1nc2ccccc2[nH]1. The number of hydrogen-bond acceptors (Lipinski definition) is 6. The molecule has 1 aromatic heterocycles. The molecule has 1 fully saturated rings. The molecule has 4 N–H and O–H groups in total. The highest BCUT2D eigenvalue weighted by Crippen LogP contribution is 2.44. The molecular formula is C33H35N5O4. The number of aromatic nitrogens is 2. The van der Waals surface area contributed by atoms with Crippen molar-refractivity contribution in [2.45, 2.75) is 50.1 Å². The minimum absolute atomic E-state index is 0.0843. The predicted octanol–water partition coefficient (Wildman–Crippen LogP) is 4.77. The number of ketones is 1. The topological polar surface area (TPSA) is 130 Å². The van der Waals surface area contributed by atoms with Gasteiger partial charge in [0.15, 0.2) is 5.82 Å². The Morgan fingerprint density at radius 2 is 1.67 bits per heavy atom. The number of benzene rings is 3. The number of carbonyl (C=O) groups is 3. The lowest BCUT2D eigenvalue weighted by Gasteiger charge is -2.28. The summed E-state index contributed by atoms with van der Waals surface area (Å²) in [6.07, 6.45) is 2.37. The number of likely N-dealkylation sites (tertiary alicyclic amines) is 1. The molecule has 1 saturated heterocycles. The number of H-pyrrole nitrogens is 1. The molecule has 0 spiro atoms. The molecular weight excluding hydrogens is 530 g/mol. The third-order valence-electron chi connectivity index (χ3n) is 8.34. The number of alkyl carbamates (subject to hydrolysis) is 1. The Labute approximate surface area is 244 Å². The molecule has 0 unspecified atom stereocenters. The maximum atomic E-state index is 13.8. The minimum atomic E-state index is -0.823. The molecule has 42 heavy (non-hydrogen) atoms. The predicted molar refractivity (Wildman–Crippen MR) is 160 cm³/mol. The van der Waals surface area contributed by atoms with Crippen molar-refractivity contribution in [2.75, 3.05) is 19.7 Å². The van der Waals surface area contributed by atoms with Crippen molar-refractivity contribution in [3.63, 3.8) is 0 Å². The van der Waals surface area contributed by atoms with E-state index < -0.39 is 18.2 Å². The largest absolute Gasteiger partial charge is 0.449 e. The Kier molecular flexibility index (Phi) is 8.01. The van der Waals surface area contributed by atoms with Gasteiger partial charge in [-0.15, -0.1) is 0 Å². The number of aromatic amines is 1. The first kappa shape index (κ1) is 27.7. The zero-order valence-electron chi connectivity index (χ0n) is 23.4. The number of ether oxygens (including phenoxy) is 1. The molecule has 2 heterocycles. The number of nitrogens with one attached hydrogen (secondary N) is 2. The van der Waals surface area contributed by atoms with Gasteiger partial charge in [0.2, 0.25) is 11.7 Å². The van der Waals surface area contributed by atoms with Gasteiger partial charge >= 0.3 is 6.09 Å². The summed E-state index contributed by atoms with van der Waals surface area (Å²) < 4.78 is 5.74. The van der Waals surface area contributed by atoms with E-state index in [9.17, 15) is 14.4 Å². The quantitative estimate of drug-likeness (QED) is 0.188. The normalized spacial score (nSPS) is 16.7. The van der Waals surface area contributed by atoms with Crippen LogP contribution in [0, 0.1) is 0 Å². The molecule has 216 valence electrons. The Bertz CT molecular complexity index is 1540. The molecule has 9 nitrogen and oxygen atoms in total. The number of unbranched alkanes of at least 4 members (excludes halogenated alkanes) is 1. The number of nitrogens with zero attached hydrogens (tertiary/aromatic N) is 2. The van der Waals surface area contributed by atoms with Gasteiger partial charge in [-0.3, -0.25) is 9.59 Å². The van der Waals surface area contributed by atoms with Crippen LogP contribution in [-0.4, -0.2) is 64.4 Å². The first-order valence-corrected chi connectivity index (χ1v) is 14.7. The van der Waals surface area contributed by atoms with Crippen LogP contribution in [0.25, 0.3) is 22.2 Å². The summed E-state index contributed by atoms with van der Waals surface area (Å²) in [5, 5.41) is 2.82. The second kappa shape index (κ2) is 12.2. The Balaban J connectivity index is 1.14. The maximum absolute atomic E-state index is 13.8. The fraction of sp³-hybridized carbons (Fsp3) is 0.333. The van der Waals surface area contributed by atoms with Crippen molar-refractivity contribution in [2.24, 2.45) is 5.73 Å². The molecule has 6 rings (SSSR count). The first-order valence-electron chi connectivity index (χ1n) is 14.7. The van der Waals surface area contributed by atoms with E-state index in [1.54, 1.807) is 4.90 Å². The molecule has 2 atom stereocenters. The van der Waals surface area contributed by atoms with Crippen molar-refractivity contribution in [1.82, 2.24) is 20.2 Å². The number of hydrogen-bond donors (Lipinski definition) is 3. The van der Waals surface area contributed by atoms with Crippen LogP contribution in [-0.2, 0) is 9.53 Å². The molecule has 2 amide bonds. The average molecular weight is 566 g/mol. The smallest absolute Gasteiger partial charge is 0.407 e. The van der Waals surface area contributed by atoms with Crippen LogP contribution < -0.4 is 11.1 Å². The number of Topliss-reactive ketones (excluding diaryl/α,β-unsaturated/α-hetero) is 1. The van der Waals surface area contributed by atoms with Crippen LogP contribution >= 0.6 is 0 Å². The maximum Gasteiger partial charge on any atom is 0.407 e. The second-order valence-electron chi connectivity index (χ2n) is 11.0. The van der Waals surface area contributed by atoms with Crippen LogP contribution in [0.3, 0.4) is 0 Å². The molecule has 9 heteroatoms. The Morgan fingerprint density at radius 3 is 2.38 bits per heavy atom. The summed E-state index contributed by atoms with van der Waals surface area (Å²) in [7, 11) is 0. The molecule has 0 radical (unpaired) electrons. The van der Waals surface area contributed by atoms with Gasteiger partial charge in [0.05, 0.1) is 17.1 Å². The van der Waals surface area contributed by atoms with E-state index in [4.69, 9.17) is 10.5 Å². The number of rotatable bonds is 10. The van der Waals surface area contributed by atoms with Gasteiger partial charge in [-0.2, -0.15) is 0 Å². The molecule has 4 aromatic rings. The van der Waals surface area contributed by atoms with E-state index >= 15 is 0 Å². The molecule has 3 aromatic carbocycles. The van der Waals surface area contributed by atoms with Gasteiger partial charge in [-0.05, 0) is 73.0 Å². The fourth-order valence-electron chi connectivity index (χ4n) is 6.26. The zero-order valence-corrected chi connectivity index (χ0v) is 23.4. The van der Waals surface area contributed by atoms with Crippen LogP contribution in [0.1, 0.15) is 59.8 Å². The highest BCUT2D eigenvalue weighted by atomic mass is 16.5. The van der Waals surface area contributed by atoms with E-state index in [1.165, 1.54) is 0 Å². The van der Waals surface area contributed by atoms with E-state index in [1.807, 2.05) is 48.5 Å². The van der Waals surface area contributed by atoms with Crippen molar-refractivity contribution in [1.29, 1.82) is 0 Å². The third-order valence-corrected chi connectivity index (χ3v) is 8.34. The van der Waals surface area contributed by atoms with E-state index in [0.717, 1.165) is 34.2 Å². The highest BCUT2D eigenvalue weighted by molar-refractivity contribution is 6.02. The monoisotopic (exact) mass is 565 g/mol. The summed E-state index contributed by atoms with van der Waals surface area (Å²) in [5.41, 5.74) is 11.7. The van der Waals surface area contributed by atoms with Crippen molar-refractivity contribution in [3.05, 3.63) is 89.7 Å².